The second-order valence-corrected chi connectivity index (χ2v) is 3.78. The predicted molar refractivity (Wildman–Crippen MR) is 63.8 cm³/mol. The maximum Gasteiger partial charge on any atom is 0.0795 e. The van der Waals surface area contributed by atoms with Crippen LogP contribution in [-0.2, 0) is 6.54 Å². The average molecular weight is 214 g/mol. The number of nitrogens with one attached hydrogen (secondary N) is 1. The topological polar surface area (TPSA) is 24.9 Å². The zero-order valence-electron chi connectivity index (χ0n) is 8.10. The molecule has 0 aliphatic heterocycles. The second kappa shape index (κ2) is 4.63. The lowest BCUT2D eigenvalue weighted by Gasteiger charge is -2.04. The molecule has 0 aliphatic carbocycles. The molecule has 1 N–H and O–H groups in total. The number of nitrogens with zero attached hydrogens (tertiary/aromatic N) is 1. The van der Waals surface area contributed by atoms with Crippen LogP contribution in [0.1, 0.15) is 11.3 Å². The van der Waals surface area contributed by atoms with E-state index in [0.717, 1.165) is 23.5 Å². The van der Waals surface area contributed by atoms with Gasteiger partial charge in [0, 0.05) is 16.6 Å². The molecule has 2 nitrogen and oxygen atoms in total. The lowest BCUT2D eigenvalue weighted by molar-refractivity contribution is 1.07. The Hall–Kier alpha value is -1.79. The fourth-order valence-corrected chi connectivity index (χ4v) is 1.79. The maximum atomic E-state index is 5.32. The zero-order valence-corrected chi connectivity index (χ0v) is 8.92. The monoisotopic (exact) mass is 214 g/mol. The first-order valence-corrected chi connectivity index (χ1v) is 5.50. The van der Waals surface area contributed by atoms with Crippen molar-refractivity contribution in [3.63, 3.8) is 0 Å². The Labute approximate surface area is 93.0 Å². The first-order valence-electron chi connectivity index (χ1n) is 4.56. The van der Waals surface area contributed by atoms with E-state index in [9.17, 15) is 0 Å². The molecule has 2 aromatic rings. The molecule has 15 heavy (non-hydrogen) atoms. The summed E-state index contributed by atoms with van der Waals surface area (Å²) < 4.78 is 0. The van der Waals surface area contributed by atoms with E-state index >= 15 is 0 Å². The number of benzene rings is 1. The lowest BCUT2D eigenvalue weighted by Crippen LogP contribution is -1.99. The molecular weight excluding hydrogens is 204 g/mol. The SMILES string of the molecule is C#Cc1cccc(NCc2cscn2)c1. The van der Waals surface area contributed by atoms with E-state index in [-0.39, 0.29) is 0 Å². The van der Waals surface area contributed by atoms with E-state index in [2.05, 4.69) is 16.2 Å². The second-order valence-electron chi connectivity index (χ2n) is 3.06. The Morgan fingerprint density at radius 3 is 3.13 bits per heavy atom. The highest BCUT2D eigenvalue weighted by Crippen LogP contribution is 2.11. The average Bonchev–Trinajstić information content (AvgIpc) is 2.79. The smallest absolute Gasteiger partial charge is 0.0795 e. The molecule has 1 aromatic carbocycles. The number of aromatic nitrogens is 1. The summed E-state index contributed by atoms with van der Waals surface area (Å²) in [6, 6.07) is 7.80. The molecule has 2 rings (SSSR count). The highest BCUT2D eigenvalue weighted by atomic mass is 32.1. The van der Waals surface area contributed by atoms with Crippen molar-refractivity contribution < 1.29 is 0 Å². The van der Waals surface area contributed by atoms with E-state index in [1.165, 1.54) is 0 Å². The van der Waals surface area contributed by atoms with Gasteiger partial charge in [-0.15, -0.1) is 17.8 Å². The summed E-state index contributed by atoms with van der Waals surface area (Å²) in [5, 5.41) is 5.30. The van der Waals surface area contributed by atoms with Gasteiger partial charge in [0.05, 0.1) is 17.7 Å². The van der Waals surface area contributed by atoms with Crippen molar-refractivity contribution in [2.75, 3.05) is 5.32 Å². The molecule has 0 radical (unpaired) electrons. The van der Waals surface area contributed by atoms with E-state index < -0.39 is 0 Å². The lowest BCUT2D eigenvalue weighted by atomic mass is 10.2. The van der Waals surface area contributed by atoms with Crippen molar-refractivity contribution in [1.29, 1.82) is 0 Å². The number of rotatable bonds is 3. The van der Waals surface area contributed by atoms with Gasteiger partial charge in [0.2, 0.25) is 0 Å². The standard InChI is InChI=1S/C12H10N2S/c1-2-10-4-3-5-11(6-10)13-7-12-8-15-9-14-12/h1,3-6,8-9,13H,7H2. The van der Waals surface area contributed by atoms with E-state index in [4.69, 9.17) is 6.42 Å². The van der Waals surface area contributed by atoms with Crippen molar-refractivity contribution in [2.45, 2.75) is 6.54 Å². The molecule has 1 aromatic heterocycles. The number of anilines is 1. The normalized spacial score (nSPS) is 9.53. The summed E-state index contributed by atoms with van der Waals surface area (Å²) in [5.41, 5.74) is 4.79. The van der Waals surface area contributed by atoms with Crippen LogP contribution in [0.2, 0.25) is 0 Å². The Morgan fingerprint density at radius 1 is 1.47 bits per heavy atom. The number of hydrogen-bond donors (Lipinski definition) is 1. The van der Waals surface area contributed by atoms with E-state index in [0.29, 0.717) is 0 Å². The summed E-state index contributed by atoms with van der Waals surface area (Å²) in [6.45, 7) is 0.734. The fraction of sp³-hybridized carbons (Fsp3) is 0.0833. The Kier molecular flexibility index (Phi) is 3.01. The first kappa shape index (κ1) is 9.75. The molecule has 0 saturated carbocycles. The van der Waals surface area contributed by atoms with E-state index in [1.807, 2.05) is 35.2 Å². The summed E-state index contributed by atoms with van der Waals surface area (Å²) in [4.78, 5) is 4.19. The molecule has 0 aliphatic rings. The van der Waals surface area contributed by atoms with Gasteiger partial charge in [-0.2, -0.15) is 0 Å². The van der Waals surface area contributed by atoms with Crippen molar-refractivity contribution >= 4 is 17.0 Å². The molecular formula is C12H10N2S. The number of terminal acetylenes is 1. The minimum atomic E-state index is 0.734. The van der Waals surface area contributed by atoms with Gasteiger partial charge >= 0.3 is 0 Å². The summed E-state index contributed by atoms with van der Waals surface area (Å²) in [6.07, 6.45) is 5.32. The van der Waals surface area contributed by atoms with Crippen LogP contribution in [0.4, 0.5) is 5.69 Å². The quantitative estimate of drug-likeness (QED) is 0.795. The maximum absolute atomic E-state index is 5.32. The van der Waals surface area contributed by atoms with Crippen molar-refractivity contribution in [3.8, 4) is 12.3 Å². The van der Waals surface area contributed by atoms with Gasteiger partial charge in [-0.05, 0) is 18.2 Å². The molecule has 0 unspecified atom stereocenters. The Morgan fingerprint density at radius 2 is 2.40 bits per heavy atom. The van der Waals surface area contributed by atoms with Crippen LogP contribution in [0, 0.1) is 12.3 Å². The van der Waals surface area contributed by atoms with Crippen LogP contribution in [0.3, 0.4) is 0 Å². The summed E-state index contributed by atoms with van der Waals surface area (Å²) in [7, 11) is 0. The van der Waals surface area contributed by atoms with Crippen LogP contribution >= 0.6 is 11.3 Å². The van der Waals surface area contributed by atoms with Crippen molar-refractivity contribution in [1.82, 2.24) is 4.98 Å². The molecule has 0 bridgehead atoms. The first-order chi connectivity index (χ1) is 7.38. The van der Waals surface area contributed by atoms with Gasteiger partial charge in [-0.25, -0.2) is 4.98 Å². The van der Waals surface area contributed by atoms with Crippen LogP contribution in [-0.4, -0.2) is 4.98 Å². The Bertz CT molecular complexity index is 469. The van der Waals surface area contributed by atoms with Gasteiger partial charge in [0.25, 0.3) is 0 Å². The van der Waals surface area contributed by atoms with Gasteiger partial charge in [-0.3, -0.25) is 0 Å². The Balaban J connectivity index is 2.02. The minimum absolute atomic E-state index is 0.734. The van der Waals surface area contributed by atoms with Gasteiger partial charge < -0.3 is 5.32 Å². The van der Waals surface area contributed by atoms with Gasteiger partial charge in [0.15, 0.2) is 0 Å². The molecule has 0 amide bonds. The van der Waals surface area contributed by atoms with Gasteiger partial charge in [-0.1, -0.05) is 12.0 Å². The third kappa shape index (κ3) is 2.58. The molecule has 3 heteroatoms. The molecule has 0 atom stereocenters. The number of thiazole rings is 1. The van der Waals surface area contributed by atoms with Crippen LogP contribution < -0.4 is 5.32 Å². The predicted octanol–water partition coefficient (Wildman–Crippen LogP) is 2.74. The third-order valence-corrected chi connectivity index (χ3v) is 2.62. The molecule has 0 saturated heterocycles. The van der Waals surface area contributed by atoms with Crippen LogP contribution in [0.5, 0.6) is 0 Å². The molecule has 1 heterocycles. The third-order valence-electron chi connectivity index (χ3n) is 1.99. The molecule has 74 valence electrons. The highest BCUT2D eigenvalue weighted by Gasteiger charge is 1.95. The minimum Gasteiger partial charge on any atom is -0.379 e. The largest absolute Gasteiger partial charge is 0.379 e. The summed E-state index contributed by atoms with van der Waals surface area (Å²) in [5.74, 6) is 2.61. The zero-order chi connectivity index (χ0) is 10.5. The van der Waals surface area contributed by atoms with Crippen molar-refractivity contribution in [2.24, 2.45) is 0 Å². The molecule has 0 spiro atoms. The van der Waals surface area contributed by atoms with Crippen molar-refractivity contribution in [3.05, 3.63) is 46.4 Å². The highest BCUT2D eigenvalue weighted by molar-refractivity contribution is 7.07. The van der Waals surface area contributed by atoms with Gasteiger partial charge in [0.1, 0.15) is 0 Å². The van der Waals surface area contributed by atoms with Crippen LogP contribution in [0.15, 0.2) is 35.2 Å². The van der Waals surface area contributed by atoms with E-state index in [1.54, 1.807) is 11.3 Å². The number of hydrogen-bond acceptors (Lipinski definition) is 3. The molecule has 0 fully saturated rings. The summed E-state index contributed by atoms with van der Waals surface area (Å²) >= 11 is 1.60. The fourth-order valence-electron chi connectivity index (χ4n) is 1.24. The van der Waals surface area contributed by atoms with Crippen LogP contribution in [0.25, 0.3) is 0 Å².